The zero-order chi connectivity index (χ0) is 18.9. The van der Waals surface area contributed by atoms with Crippen LogP contribution in [0.5, 0.6) is 5.75 Å². The van der Waals surface area contributed by atoms with Crippen LogP contribution in [0.15, 0.2) is 36.4 Å². The molecule has 4 nitrogen and oxygen atoms in total. The predicted octanol–water partition coefficient (Wildman–Crippen LogP) is 3.57. The highest BCUT2D eigenvalue weighted by atomic mass is 19.2. The molecule has 1 amide bonds. The van der Waals surface area contributed by atoms with Crippen molar-refractivity contribution in [3.63, 3.8) is 0 Å². The van der Waals surface area contributed by atoms with E-state index in [0.717, 1.165) is 31.4 Å². The second-order valence-corrected chi connectivity index (χ2v) is 7.04. The highest BCUT2D eigenvalue weighted by Crippen LogP contribution is 2.41. The number of aliphatic hydroxyl groups is 1. The monoisotopic (exact) mass is 361 g/mol. The molecule has 26 heavy (non-hydrogen) atoms. The molecule has 1 fully saturated rings. The lowest BCUT2D eigenvalue weighted by atomic mass is 9.69. The van der Waals surface area contributed by atoms with Crippen LogP contribution in [0.1, 0.15) is 29.6 Å². The van der Waals surface area contributed by atoms with Crippen molar-refractivity contribution in [1.82, 2.24) is 4.90 Å². The number of carbonyl (C=O) groups is 1. The Morgan fingerprint density at radius 1 is 1.19 bits per heavy atom. The summed E-state index contributed by atoms with van der Waals surface area (Å²) in [6.45, 7) is 0.525. The third kappa shape index (κ3) is 3.42. The largest absolute Gasteiger partial charge is 0.505 e. The second-order valence-electron chi connectivity index (χ2n) is 7.04. The van der Waals surface area contributed by atoms with Gasteiger partial charge in [0.25, 0.3) is 5.91 Å². The smallest absolute Gasteiger partial charge is 0.253 e. The maximum Gasteiger partial charge on any atom is 0.253 e. The number of rotatable bonds is 5. The van der Waals surface area contributed by atoms with Gasteiger partial charge < -0.3 is 15.1 Å². The molecule has 0 heterocycles. The maximum absolute atomic E-state index is 13.5. The first-order valence-corrected chi connectivity index (χ1v) is 8.50. The van der Waals surface area contributed by atoms with E-state index < -0.39 is 17.4 Å². The number of halogens is 2. The van der Waals surface area contributed by atoms with Gasteiger partial charge in [0.05, 0.1) is 6.61 Å². The number of nitrogens with zero attached hydrogens (tertiary/aromatic N) is 1. The Bertz CT molecular complexity index is 805. The van der Waals surface area contributed by atoms with Gasteiger partial charge in [-0.15, -0.1) is 0 Å². The highest BCUT2D eigenvalue weighted by Gasteiger charge is 2.38. The van der Waals surface area contributed by atoms with Crippen molar-refractivity contribution in [2.75, 3.05) is 20.2 Å². The van der Waals surface area contributed by atoms with Gasteiger partial charge in [0.15, 0.2) is 17.4 Å². The van der Waals surface area contributed by atoms with Gasteiger partial charge in [-0.3, -0.25) is 4.79 Å². The fraction of sp³-hybridized carbons (Fsp3) is 0.350. The molecule has 0 radical (unpaired) electrons. The molecule has 2 aromatic rings. The molecule has 6 heteroatoms. The van der Waals surface area contributed by atoms with E-state index in [-0.39, 0.29) is 23.5 Å². The highest BCUT2D eigenvalue weighted by molar-refractivity contribution is 5.95. The lowest BCUT2D eigenvalue weighted by molar-refractivity contribution is 0.0146. The Kier molecular flexibility index (Phi) is 4.96. The molecule has 1 saturated carbocycles. The first-order valence-electron chi connectivity index (χ1n) is 8.50. The van der Waals surface area contributed by atoms with Crippen LogP contribution in [0.4, 0.5) is 8.78 Å². The number of aliphatic hydroxyl groups excluding tert-OH is 1. The van der Waals surface area contributed by atoms with Crippen molar-refractivity contribution >= 4 is 5.91 Å². The van der Waals surface area contributed by atoms with Crippen molar-refractivity contribution in [3.05, 3.63) is 53.6 Å². The molecular formula is C20H21F2NO3. The Morgan fingerprint density at radius 3 is 2.50 bits per heavy atom. The number of phenols is 1. The Balaban J connectivity index is 1.84. The Hall–Kier alpha value is -2.47. The predicted molar refractivity (Wildman–Crippen MR) is 93.8 cm³/mol. The molecule has 1 aliphatic carbocycles. The van der Waals surface area contributed by atoms with Crippen LogP contribution in [-0.2, 0) is 0 Å². The summed E-state index contributed by atoms with van der Waals surface area (Å²) < 4.78 is 26.8. The minimum absolute atomic E-state index is 0.0544. The minimum Gasteiger partial charge on any atom is -0.505 e. The second kappa shape index (κ2) is 7.03. The van der Waals surface area contributed by atoms with E-state index in [1.54, 1.807) is 36.2 Å². The average Bonchev–Trinajstić information content (AvgIpc) is 2.61. The Labute approximate surface area is 150 Å². The first kappa shape index (κ1) is 18.3. The van der Waals surface area contributed by atoms with Gasteiger partial charge in [0, 0.05) is 24.6 Å². The SMILES string of the molecule is CN(CC1(CO)CCC1)C(=O)c1cccc(-c2cc(O)c(F)c(F)c2)c1. The van der Waals surface area contributed by atoms with E-state index >= 15 is 0 Å². The zero-order valence-corrected chi connectivity index (χ0v) is 14.5. The summed E-state index contributed by atoms with van der Waals surface area (Å²) in [7, 11) is 1.69. The number of benzene rings is 2. The molecule has 0 aliphatic heterocycles. The maximum atomic E-state index is 13.5. The molecule has 0 atom stereocenters. The average molecular weight is 361 g/mol. The van der Waals surface area contributed by atoms with Gasteiger partial charge in [0.1, 0.15) is 0 Å². The number of carbonyl (C=O) groups excluding carboxylic acids is 1. The standard InChI is InChI=1S/C20H21F2NO3/c1-23(11-20(12-24)6-3-7-20)19(26)14-5-2-4-13(8-14)15-9-16(21)18(22)17(25)10-15/h2,4-5,8-10,24-25H,3,6-7,11-12H2,1H3. The Morgan fingerprint density at radius 2 is 1.92 bits per heavy atom. The minimum atomic E-state index is -1.30. The van der Waals surface area contributed by atoms with Crippen LogP contribution in [-0.4, -0.2) is 41.2 Å². The summed E-state index contributed by atoms with van der Waals surface area (Å²) in [5.41, 5.74) is 0.971. The van der Waals surface area contributed by atoms with Crippen molar-refractivity contribution in [3.8, 4) is 16.9 Å². The molecule has 0 unspecified atom stereocenters. The zero-order valence-electron chi connectivity index (χ0n) is 14.5. The summed E-state index contributed by atoms with van der Waals surface area (Å²) in [4.78, 5) is 14.3. The summed E-state index contributed by atoms with van der Waals surface area (Å²) in [6.07, 6.45) is 2.85. The van der Waals surface area contributed by atoms with Crippen LogP contribution in [0.25, 0.3) is 11.1 Å². The van der Waals surface area contributed by atoms with Gasteiger partial charge in [-0.25, -0.2) is 4.39 Å². The number of aromatic hydroxyl groups is 1. The van der Waals surface area contributed by atoms with Crippen LogP contribution in [0.2, 0.25) is 0 Å². The molecular weight excluding hydrogens is 340 g/mol. The summed E-state index contributed by atoms with van der Waals surface area (Å²) in [5, 5.41) is 19.1. The first-order chi connectivity index (χ1) is 12.3. The summed E-state index contributed by atoms with van der Waals surface area (Å²) >= 11 is 0. The third-order valence-electron chi connectivity index (χ3n) is 5.12. The third-order valence-corrected chi connectivity index (χ3v) is 5.12. The number of hydrogen-bond donors (Lipinski definition) is 2. The van der Waals surface area contributed by atoms with E-state index in [9.17, 15) is 23.8 Å². The van der Waals surface area contributed by atoms with Crippen molar-refractivity contribution in [1.29, 1.82) is 0 Å². The van der Waals surface area contributed by atoms with Crippen LogP contribution < -0.4 is 0 Å². The van der Waals surface area contributed by atoms with Gasteiger partial charge in [-0.2, -0.15) is 4.39 Å². The molecule has 1 aliphatic rings. The van der Waals surface area contributed by atoms with Gasteiger partial charge in [0.2, 0.25) is 0 Å². The summed E-state index contributed by atoms with van der Waals surface area (Å²) in [5.74, 6) is -3.43. The molecule has 0 saturated heterocycles. The van der Waals surface area contributed by atoms with E-state index in [1.807, 2.05) is 0 Å². The lowest BCUT2D eigenvalue weighted by Crippen LogP contribution is -2.45. The van der Waals surface area contributed by atoms with Crippen LogP contribution in [0, 0.1) is 17.0 Å². The molecule has 0 aromatic heterocycles. The van der Waals surface area contributed by atoms with E-state index in [0.29, 0.717) is 17.7 Å². The van der Waals surface area contributed by atoms with Crippen LogP contribution in [0.3, 0.4) is 0 Å². The molecule has 0 bridgehead atoms. The summed E-state index contributed by atoms with van der Waals surface area (Å²) in [6, 6.07) is 8.65. The quantitative estimate of drug-likeness (QED) is 0.856. The molecule has 2 N–H and O–H groups in total. The van der Waals surface area contributed by atoms with Crippen LogP contribution >= 0.6 is 0 Å². The lowest BCUT2D eigenvalue weighted by Gasteiger charge is -2.42. The van der Waals surface area contributed by atoms with Gasteiger partial charge in [-0.1, -0.05) is 18.6 Å². The number of amides is 1. The fourth-order valence-corrected chi connectivity index (χ4v) is 3.41. The molecule has 3 rings (SSSR count). The van der Waals surface area contributed by atoms with Crippen molar-refractivity contribution in [2.45, 2.75) is 19.3 Å². The molecule has 2 aromatic carbocycles. The van der Waals surface area contributed by atoms with E-state index in [2.05, 4.69) is 0 Å². The number of phenolic OH excluding ortho intramolecular Hbond substituents is 1. The molecule has 138 valence electrons. The van der Waals surface area contributed by atoms with E-state index in [1.165, 1.54) is 0 Å². The number of hydrogen-bond acceptors (Lipinski definition) is 3. The van der Waals surface area contributed by atoms with Crippen molar-refractivity contribution < 1.29 is 23.8 Å². The fourth-order valence-electron chi connectivity index (χ4n) is 3.41. The van der Waals surface area contributed by atoms with Gasteiger partial charge >= 0.3 is 0 Å². The van der Waals surface area contributed by atoms with E-state index in [4.69, 9.17) is 0 Å². The van der Waals surface area contributed by atoms with Crippen molar-refractivity contribution in [2.24, 2.45) is 5.41 Å². The normalized spacial score (nSPS) is 15.4. The molecule has 0 spiro atoms. The van der Waals surface area contributed by atoms with Gasteiger partial charge in [-0.05, 0) is 48.2 Å². The topological polar surface area (TPSA) is 60.8 Å².